The highest BCUT2D eigenvalue weighted by molar-refractivity contribution is 6.36. The number of piperidine rings is 1. The quantitative estimate of drug-likeness (QED) is 0.845. The maximum absolute atomic E-state index is 12.9. The van der Waals surface area contributed by atoms with Crippen LogP contribution in [0.5, 0.6) is 0 Å². The van der Waals surface area contributed by atoms with E-state index in [1.165, 1.54) is 24.9 Å². The second-order valence-electron chi connectivity index (χ2n) is 7.30. The predicted molar refractivity (Wildman–Crippen MR) is 92.8 cm³/mol. The molecule has 6 heteroatoms. The van der Waals surface area contributed by atoms with Gasteiger partial charge in [0.1, 0.15) is 0 Å². The van der Waals surface area contributed by atoms with Crippen LogP contribution < -0.4 is 5.73 Å². The molecule has 25 heavy (non-hydrogen) atoms. The van der Waals surface area contributed by atoms with Crippen LogP contribution in [0.1, 0.15) is 61.4 Å². The first-order valence-electron chi connectivity index (χ1n) is 9.06. The number of nitrogens with zero attached hydrogens (tertiary/aromatic N) is 2. The fourth-order valence-corrected chi connectivity index (χ4v) is 4.29. The minimum Gasteiger partial charge on any atom is -0.366 e. The van der Waals surface area contributed by atoms with E-state index in [-0.39, 0.29) is 24.1 Å². The molecule has 0 radical (unpaired) electrons. The minimum atomic E-state index is -0.595. The summed E-state index contributed by atoms with van der Waals surface area (Å²) >= 11 is 0. The van der Waals surface area contributed by atoms with Crippen molar-refractivity contribution < 1.29 is 14.4 Å². The highest BCUT2D eigenvalue weighted by atomic mass is 16.2. The topological polar surface area (TPSA) is 93.4 Å². The third-order valence-electron chi connectivity index (χ3n) is 5.57. The maximum Gasteiger partial charge on any atom is 0.290 e. The summed E-state index contributed by atoms with van der Waals surface area (Å²) in [4.78, 5) is 42.4. The molecule has 0 bridgehead atoms. The van der Waals surface area contributed by atoms with Gasteiger partial charge in [-0.15, -0.1) is 0 Å². The van der Waals surface area contributed by atoms with Crippen molar-refractivity contribution in [2.75, 3.05) is 0 Å². The van der Waals surface area contributed by atoms with Crippen LogP contribution in [0.25, 0.3) is 0 Å². The minimum absolute atomic E-state index is 0.0481. The van der Waals surface area contributed by atoms with Gasteiger partial charge in [-0.05, 0) is 50.2 Å². The number of carbonyl (C=O) groups excluding carboxylic acids is 3. The first kappa shape index (κ1) is 17.6. The van der Waals surface area contributed by atoms with E-state index < -0.39 is 17.6 Å². The van der Waals surface area contributed by atoms with E-state index in [4.69, 9.17) is 5.73 Å². The van der Waals surface area contributed by atoms with Gasteiger partial charge >= 0.3 is 0 Å². The SMILES string of the molecule is C[C@H]1CC[C@H]2CCCC[C@H]2N1C(=O)C(=O)Cc1cncc(C(N)=O)c1. The van der Waals surface area contributed by atoms with E-state index in [1.807, 2.05) is 11.8 Å². The third-order valence-corrected chi connectivity index (χ3v) is 5.57. The normalized spacial score (nSPS) is 26.0. The summed E-state index contributed by atoms with van der Waals surface area (Å²) in [6.07, 6.45) is 9.40. The molecule has 1 saturated heterocycles. The lowest BCUT2D eigenvalue weighted by atomic mass is 9.76. The average Bonchev–Trinajstić information content (AvgIpc) is 2.61. The number of Topliss-reactive ketones (excluding diaryl/α,β-unsaturated/α-hetero) is 1. The van der Waals surface area contributed by atoms with E-state index in [2.05, 4.69) is 4.98 Å². The summed E-state index contributed by atoms with van der Waals surface area (Å²) in [5.41, 5.74) is 6.03. The second-order valence-corrected chi connectivity index (χ2v) is 7.30. The molecule has 2 N–H and O–H groups in total. The number of ketones is 1. The number of hydrogen-bond acceptors (Lipinski definition) is 4. The van der Waals surface area contributed by atoms with Gasteiger partial charge in [0.25, 0.3) is 5.91 Å². The van der Waals surface area contributed by atoms with E-state index in [9.17, 15) is 14.4 Å². The van der Waals surface area contributed by atoms with Crippen molar-refractivity contribution in [3.8, 4) is 0 Å². The standard InChI is InChI=1S/C19H25N3O3/c1-12-6-7-14-4-2-3-5-16(14)22(12)19(25)17(23)9-13-8-15(18(20)24)11-21-10-13/h8,10-12,14,16H,2-7,9H2,1H3,(H2,20,24)/t12-,14+,16+/m0/s1. The summed E-state index contributed by atoms with van der Waals surface area (Å²) in [5.74, 6) is -0.903. The van der Waals surface area contributed by atoms with Crippen LogP contribution in [0.3, 0.4) is 0 Å². The molecule has 3 atom stereocenters. The zero-order chi connectivity index (χ0) is 18.0. The Kier molecular flexibility index (Phi) is 5.16. The van der Waals surface area contributed by atoms with Gasteiger partial charge < -0.3 is 10.6 Å². The molecule has 0 aromatic carbocycles. The number of amides is 2. The number of carbonyl (C=O) groups is 3. The van der Waals surface area contributed by atoms with E-state index in [0.29, 0.717) is 11.5 Å². The van der Waals surface area contributed by atoms with Gasteiger partial charge in [-0.1, -0.05) is 12.8 Å². The number of rotatable bonds is 4. The second kappa shape index (κ2) is 7.33. The lowest BCUT2D eigenvalue weighted by Gasteiger charge is -2.47. The van der Waals surface area contributed by atoms with Gasteiger partial charge in [-0.3, -0.25) is 19.4 Å². The van der Waals surface area contributed by atoms with Gasteiger partial charge in [0.05, 0.1) is 5.56 Å². The van der Waals surface area contributed by atoms with Gasteiger partial charge in [-0.25, -0.2) is 0 Å². The predicted octanol–water partition coefficient (Wildman–Crippen LogP) is 1.86. The number of pyridine rings is 1. The largest absolute Gasteiger partial charge is 0.366 e. The number of aromatic nitrogens is 1. The smallest absolute Gasteiger partial charge is 0.290 e. The van der Waals surface area contributed by atoms with Crippen LogP contribution in [0.15, 0.2) is 18.5 Å². The Morgan fingerprint density at radius 3 is 2.68 bits per heavy atom. The molecule has 3 rings (SSSR count). The molecule has 2 amide bonds. The average molecular weight is 343 g/mol. The van der Waals surface area contributed by atoms with E-state index in [1.54, 1.807) is 0 Å². The first-order valence-corrected chi connectivity index (χ1v) is 9.06. The Bertz CT molecular complexity index is 688. The number of fused-ring (bicyclic) bond motifs is 1. The highest BCUT2D eigenvalue weighted by Crippen LogP contribution is 2.37. The molecule has 0 unspecified atom stereocenters. The third kappa shape index (κ3) is 3.72. The summed E-state index contributed by atoms with van der Waals surface area (Å²) in [7, 11) is 0. The first-order chi connectivity index (χ1) is 12.0. The monoisotopic (exact) mass is 343 g/mol. The number of likely N-dealkylation sites (tertiary alicyclic amines) is 1. The molecule has 2 fully saturated rings. The fourth-order valence-electron chi connectivity index (χ4n) is 4.29. The van der Waals surface area contributed by atoms with E-state index >= 15 is 0 Å². The molecule has 1 aromatic heterocycles. The molecule has 2 aliphatic rings. The number of primary amides is 1. The van der Waals surface area contributed by atoms with Crippen molar-refractivity contribution in [1.29, 1.82) is 0 Å². The molecule has 1 aromatic rings. The summed E-state index contributed by atoms with van der Waals surface area (Å²) in [6, 6.07) is 1.83. The van der Waals surface area contributed by atoms with Crippen LogP contribution in [0.4, 0.5) is 0 Å². The van der Waals surface area contributed by atoms with Gasteiger partial charge in [0, 0.05) is 30.9 Å². The van der Waals surface area contributed by atoms with Crippen molar-refractivity contribution >= 4 is 17.6 Å². The Hall–Kier alpha value is -2.24. The van der Waals surface area contributed by atoms with Crippen LogP contribution in [-0.4, -0.2) is 39.6 Å². The van der Waals surface area contributed by atoms with Crippen molar-refractivity contribution in [2.45, 2.75) is 64.0 Å². The highest BCUT2D eigenvalue weighted by Gasteiger charge is 2.40. The molecular weight excluding hydrogens is 318 g/mol. The number of hydrogen-bond donors (Lipinski definition) is 1. The Labute approximate surface area is 147 Å². The number of nitrogens with two attached hydrogens (primary N) is 1. The lowest BCUT2D eigenvalue weighted by Crippen LogP contribution is -2.55. The van der Waals surface area contributed by atoms with Crippen LogP contribution in [0.2, 0.25) is 0 Å². The van der Waals surface area contributed by atoms with Gasteiger partial charge in [-0.2, -0.15) is 0 Å². The molecule has 2 heterocycles. The summed E-state index contributed by atoms with van der Waals surface area (Å²) < 4.78 is 0. The molecule has 1 aliphatic carbocycles. The molecular formula is C19H25N3O3. The van der Waals surface area contributed by atoms with Crippen molar-refractivity contribution in [3.63, 3.8) is 0 Å². The van der Waals surface area contributed by atoms with Crippen LogP contribution in [-0.2, 0) is 16.0 Å². The van der Waals surface area contributed by atoms with Gasteiger partial charge in [0.2, 0.25) is 11.7 Å². The molecule has 6 nitrogen and oxygen atoms in total. The summed E-state index contributed by atoms with van der Waals surface area (Å²) in [6.45, 7) is 2.03. The Balaban J connectivity index is 1.73. The Morgan fingerprint density at radius 2 is 1.92 bits per heavy atom. The molecule has 0 spiro atoms. The van der Waals surface area contributed by atoms with Crippen LogP contribution >= 0.6 is 0 Å². The zero-order valence-electron chi connectivity index (χ0n) is 14.6. The molecule has 134 valence electrons. The van der Waals surface area contributed by atoms with Crippen molar-refractivity contribution in [2.24, 2.45) is 11.7 Å². The van der Waals surface area contributed by atoms with Crippen molar-refractivity contribution in [3.05, 3.63) is 29.6 Å². The zero-order valence-corrected chi connectivity index (χ0v) is 14.6. The Morgan fingerprint density at radius 1 is 1.16 bits per heavy atom. The van der Waals surface area contributed by atoms with E-state index in [0.717, 1.165) is 32.1 Å². The molecule has 1 saturated carbocycles. The van der Waals surface area contributed by atoms with Gasteiger partial charge in [0.15, 0.2) is 0 Å². The fraction of sp³-hybridized carbons (Fsp3) is 0.579. The molecule has 1 aliphatic heterocycles. The lowest BCUT2D eigenvalue weighted by molar-refractivity contribution is -0.151. The maximum atomic E-state index is 12.9. The summed E-state index contributed by atoms with van der Waals surface area (Å²) in [5, 5.41) is 0. The van der Waals surface area contributed by atoms with Crippen LogP contribution in [0, 0.1) is 5.92 Å². The van der Waals surface area contributed by atoms with Crippen molar-refractivity contribution in [1.82, 2.24) is 9.88 Å².